The molecule has 0 saturated heterocycles. The minimum absolute atomic E-state index is 0.220. The molecule has 5 atom stereocenters. The lowest BCUT2D eigenvalue weighted by Crippen LogP contribution is -2.55. The average molecular weight is 293 g/mol. The summed E-state index contributed by atoms with van der Waals surface area (Å²) in [7, 11) is 0. The zero-order chi connectivity index (χ0) is 15.9. The van der Waals surface area contributed by atoms with Gasteiger partial charge in [0.05, 0.1) is 6.61 Å². The van der Waals surface area contributed by atoms with Crippen LogP contribution in [0.25, 0.3) is 0 Å². The van der Waals surface area contributed by atoms with Crippen molar-refractivity contribution in [3.63, 3.8) is 0 Å². The van der Waals surface area contributed by atoms with Crippen LogP contribution in [0, 0.1) is 0 Å². The third kappa shape index (κ3) is 5.61. The van der Waals surface area contributed by atoms with Crippen LogP contribution in [0.2, 0.25) is 0 Å². The molecular weight excluding hydrogens is 274 g/mol. The molecule has 20 heavy (non-hydrogen) atoms. The highest BCUT2D eigenvalue weighted by Gasteiger charge is 2.36. The highest BCUT2D eigenvalue weighted by molar-refractivity contribution is 5.77. The van der Waals surface area contributed by atoms with Crippen LogP contribution in [-0.2, 0) is 19.1 Å². The van der Waals surface area contributed by atoms with Crippen molar-refractivity contribution in [3.05, 3.63) is 0 Å². The van der Waals surface area contributed by atoms with Crippen LogP contribution in [0.1, 0.15) is 13.8 Å². The average Bonchev–Trinajstić information content (AvgIpc) is 2.39. The molecular formula is C11H19NO8. The molecule has 0 aromatic heterocycles. The first-order valence-corrected chi connectivity index (χ1v) is 5.82. The SMILES string of the molecule is CC(=O)N[C@@H](C=O)[C@@H](O)[C@H](O[C@@H](C)C(=O)O)[C@H](O)CO. The molecule has 0 unspecified atom stereocenters. The highest BCUT2D eigenvalue weighted by Crippen LogP contribution is 2.12. The van der Waals surface area contributed by atoms with Gasteiger partial charge in [-0.25, -0.2) is 4.79 Å². The fraction of sp³-hybridized carbons (Fsp3) is 0.727. The predicted molar refractivity (Wildman–Crippen MR) is 64.7 cm³/mol. The zero-order valence-electron chi connectivity index (χ0n) is 11.1. The number of aldehydes is 1. The van der Waals surface area contributed by atoms with Crippen LogP contribution in [0.15, 0.2) is 0 Å². The number of aliphatic hydroxyl groups excluding tert-OH is 3. The van der Waals surface area contributed by atoms with Gasteiger partial charge in [-0.1, -0.05) is 0 Å². The van der Waals surface area contributed by atoms with Crippen LogP contribution in [0.5, 0.6) is 0 Å². The molecule has 5 N–H and O–H groups in total. The molecule has 0 aliphatic rings. The second kappa shape index (κ2) is 8.59. The summed E-state index contributed by atoms with van der Waals surface area (Å²) in [5, 5.41) is 39.2. The second-order valence-corrected chi connectivity index (χ2v) is 4.18. The molecule has 1 amide bonds. The van der Waals surface area contributed by atoms with Gasteiger partial charge in [-0.2, -0.15) is 0 Å². The van der Waals surface area contributed by atoms with Gasteiger partial charge in [-0.15, -0.1) is 0 Å². The lowest BCUT2D eigenvalue weighted by Gasteiger charge is -2.31. The zero-order valence-corrected chi connectivity index (χ0v) is 11.1. The minimum atomic E-state index is -1.72. The first-order valence-electron chi connectivity index (χ1n) is 5.82. The molecule has 0 spiro atoms. The van der Waals surface area contributed by atoms with Crippen molar-refractivity contribution >= 4 is 18.2 Å². The van der Waals surface area contributed by atoms with E-state index in [4.69, 9.17) is 14.9 Å². The van der Waals surface area contributed by atoms with Gasteiger partial charge < -0.3 is 35.3 Å². The summed E-state index contributed by atoms with van der Waals surface area (Å²) in [6.45, 7) is 1.45. The Morgan fingerprint density at radius 1 is 1.35 bits per heavy atom. The predicted octanol–water partition coefficient (Wildman–Crippen LogP) is -2.74. The number of rotatable bonds is 9. The Balaban J connectivity index is 5.03. The summed E-state index contributed by atoms with van der Waals surface area (Å²) >= 11 is 0. The Morgan fingerprint density at radius 2 is 1.90 bits per heavy atom. The van der Waals surface area contributed by atoms with Crippen molar-refractivity contribution in [3.8, 4) is 0 Å². The number of carboxylic acids is 1. The highest BCUT2D eigenvalue weighted by atomic mass is 16.5. The van der Waals surface area contributed by atoms with E-state index >= 15 is 0 Å². The number of aliphatic hydroxyl groups is 3. The Hall–Kier alpha value is -1.55. The van der Waals surface area contributed by atoms with Crippen LogP contribution < -0.4 is 5.32 Å². The number of nitrogens with one attached hydrogen (secondary N) is 1. The minimum Gasteiger partial charge on any atom is -0.479 e. The van der Waals surface area contributed by atoms with Crippen molar-refractivity contribution < 1.29 is 39.5 Å². The second-order valence-electron chi connectivity index (χ2n) is 4.18. The number of ether oxygens (including phenoxy) is 1. The van der Waals surface area contributed by atoms with Gasteiger partial charge in [0.1, 0.15) is 30.6 Å². The summed E-state index contributed by atoms with van der Waals surface area (Å²) in [4.78, 5) is 32.4. The largest absolute Gasteiger partial charge is 0.479 e. The monoisotopic (exact) mass is 293 g/mol. The van der Waals surface area contributed by atoms with Gasteiger partial charge in [0.15, 0.2) is 6.10 Å². The third-order valence-corrected chi connectivity index (χ3v) is 2.50. The lowest BCUT2D eigenvalue weighted by atomic mass is 10.0. The Bertz CT molecular complexity index is 347. The number of carbonyl (C=O) groups excluding carboxylic acids is 2. The van der Waals surface area contributed by atoms with E-state index in [1.807, 2.05) is 0 Å². The molecule has 9 nitrogen and oxygen atoms in total. The molecule has 0 aliphatic carbocycles. The van der Waals surface area contributed by atoms with Crippen LogP contribution >= 0.6 is 0 Å². The molecule has 0 aliphatic heterocycles. The van der Waals surface area contributed by atoms with E-state index < -0.39 is 48.9 Å². The summed E-state index contributed by atoms with van der Waals surface area (Å²) < 4.78 is 4.92. The molecule has 0 heterocycles. The van der Waals surface area contributed by atoms with Gasteiger partial charge >= 0.3 is 5.97 Å². The molecule has 0 radical (unpaired) electrons. The van der Waals surface area contributed by atoms with Crippen molar-refractivity contribution in [2.24, 2.45) is 0 Å². The maximum Gasteiger partial charge on any atom is 0.332 e. The van der Waals surface area contributed by atoms with Gasteiger partial charge in [0.25, 0.3) is 0 Å². The number of amides is 1. The van der Waals surface area contributed by atoms with Gasteiger partial charge in [0.2, 0.25) is 5.91 Å². The molecule has 116 valence electrons. The molecule has 0 fully saturated rings. The summed E-state index contributed by atoms with van der Waals surface area (Å²) in [5.74, 6) is -1.96. The first kappa shape index (κ1) is 18.4. The van der Waals surface area contributed by atoms with Gasteiger partial charge in [-0.3, -0.25) is 4.79 Å². The Labute approximate surface area is 115 Å². The van der Waals surface area contributed by atoms with E-state index in [1.165, 1.54) is 0 Å². The number of carbonyl (C=O) groups is 3. The summed E-state index contributed by atoms with van der Waals surface area (Å²) in [5.41, 5.74) is 0. The number of hydrogen-bond acceptors (Lipinski definition) is 7. The number of aliphatic carboxylic acids is 1. The van der Waals surface area contributed by atoms with E-state index in [-0.39, 0.29) is 6.29 Å². The maximum atomic E-state index is 10.9. The lowest BCUT2D eigenvalue weighted by molar-refractivity contribution is -0.172. The first-order chi connectivity index (χ1) is 9.24. The Kier molecular flexibility index (Phi) is 7.92. The van der Waals surface area contributed by atoms with Crippen LogP contribution in [0.4, 0.5) is 0 Å². The van der Waals surface area contributed by atoms with Gasteiger partial charge in [-0.05, 0) is 6.92 Å². The summed E-state index contributed by atoms with van der Waals surface area (Å²) in [6.07, 6.45) is -6.07. The van der Waals surface area contributed by atoms with E-state index in [0.29, 0.717) is 0 Å². The van der Waals surface area contributed by atoms with Crippen molar-refractivity contribution in [2.75, 3.05) is 6.61 Å². The topological polar surface area (TPSA) is 153 Å². The molecule has 0 aromatic carbocycles. The summed E-state index contributed by atoms with van der Waals surface area (Å²) in [6, 6.07) is -1.40. The van der Waals surface area contributed by atoms with Crippen molar-refractivity contribution in [1.82, 2.24) is 5.32 Å². The van der Waals surface area contributed by atoms with E-state index in [9.17, 15) is 24.6 Å². The normalized spacial score (nSPS) is 18.4. The molecule has 0 bridgehead atoms. The molecule has 0 saturated carbocycles. The van der Waals surface area contributed by atoms with Crippen molar-refractivity contribution in [2.45, 2.75) is 44.3 Å². The molecule has 0 aromatic rings. The van der Waals surface area contributed by atoms with Crippen molar-refractivity contribution in [1.29, 1.82) is 0 Å². The van der Waals surface area contributed by atoms with E-state index in [0.717, 1.165) is 13.8 Å². The van der Waals surface area contributed by atoms with E-state index in [2.05, 4.69) is 5.32 Å². The standard InChI is InChI=1S/C11H19NO8/c1-5(11(18)19)20-10(8(16)4-14)9(17)7(3-13)12-6(2)15/h3,5,7-10,14,16-17H,4H2,1-2H3,(H,12,15)(H,18,19)/t5-,7-,8+,9+,10+/m0/s1. The smallest absolute Gasteiger partial charge is 0.332 e. The third-order valence-electron chi connectivity index (χ3n) is 2.50. The number of carboxylic acid groups (broad SMARTS) is 1. The quantitative estimate of drug-likeness (QED) is 0.287. The van der Waals surface area contributed by atoms with Gasteiger partial charge in [0, 0.05) is 6.92 Å². The molecule has 9 heteroatoms. The maximum absolute atomic E-state index is 10.9. The fourth-order valence-corrected chi connectivity index (χ4v) is 1.44. The fourth-order valence-electron chi connectivity index (χ4n) is 1.44. The van der Waals surface area contributed by atoms with Crippen LogP contribution in [0.3, 0.4) is 0 Å². The van der Waals surface area contributed by atoms with Crippen LogP contribution in [-0.4, -0.2) is 75.7 Å². The number of hydrogen-bond donors (Lipinski definition) is 5. The molecule has 0 rings (SSSR count). The Morgan fingerprint density at radius 3 is 2.25 bits per heavy atom. The van der Waals surface area contributed by atoms with E-state index in [1.54, 1.807) is 0 Å².